The van der Waals surface area contributed by atoms with Crippen molar-refractivity contribution in [2.24, 2.45) is 0 Å². The van der Waals surface area contributed by atoms with Crippen LogP contribution < -0.4 is 54.7 Å². The van der Waals surface area contributed by atoms with Crippen molar-refractivity contribution in [3.05, 3.63) is 64.8 Å². The van der Waals surface area contributed by atoms with Crippen LogP contribution in [0.5, 0.6) is 5.75 Å². The number of ether oxygens (including phenoxy) is 1. The molecule has 0 spiro atoms. The smallest absolute Gasteiger partial charge is 0.756 e. The van der Waals surface area contributed by atoms with Crippen LogP contribution in [-0.2, 0) is 17.7 Å². The van der Waals surface area contributed by atoms with E-state index in [0.29, 0.717) is 40.5 Å². The Morgan fingerprint density at radius 1 is 1.25 bits per heavy atom. The van der Waals surface area contributed by atoms with Gasteiger partial charge in [0.25, 0.3) is 13.7 Å². The third kappa shape index (κ3) is 10.5. The first kappa shape index (κ1) is 33.8. The van der Waals surface area contributed by atoms with Crippen LogP contribution in [0.4, 0.5) is 11.8 Å². The number of aliphatic hydroxyl groups excluding tert-OH is 1. The number of anilines is 2. The second-order valence-corrected chi connectivity index (χ2v) is 9.65. The van der Waals surface area contributed by atoms with E-state index in [-0.39, 0.29) is 54.7 Å². The van der Waals surface area contributed by atoms with Crippen molar-refractivity contribution < 1.29 is 63.4 Å². The van der Waals surface area contributed by atoms with Crippen molar-refractivity contribution in [3.63, 3.8) is 0 Å². The van der Waals surface area contributed by atoms with Crippen LogP contribution in [0.25, 0.3) is 0 Å². The molecular formula is C23H28ClN7NaO7P. The summed E-state index contributed by atoms with van der Waals surface area (Å²) in [5.74, 6) is 1.58. The Morgan fingerprint density at radius 2 is 1.95 bits per heavy atom. The Morgan fingerprint density at radius 3 is 2.58 bits per heavy atom. The van der Waals surface area contributed by atoms with Crippen molar-refractivity contribution in [1.29, 1.82) is 0 Å². The van der Waals surface area contributed by atoms with Gasteiger partial charge in [0.15, 0.2) is 0 Å². The summed E-state index contributed by atoms with van der Waals surface area (Å²) in [5.41, 5.74) is 1.18. The van der Waals surface area contributed by atoms with Gasteiger partial charge in [-0.2, -0.15) is 4.98 Å². The molecule has 17 heteroatoms. The minimum absolute atomic E-state index is 0. The van der Waals surface area contributed by atoms with Gasteiger partial charge in [0.1, 0.15) is 23.0 Å². The van der Waals surface area contributed by atoms with Gasteiger partial charge in [-0.3, -0.25) is 9.36 Å². The number of methoxy groups -OCH3 is 1. The minimum Gasteiger partial charge on any atom is -0.756 e. The van der Waals surface area contributed by atoms with Gasteiger partial charge in [-0.05, 0) is 36.6 Å². The molecular weight excluding hydrogens is 576 g/mol. The molecule has 3 heterocycles. The van der Waals surface area contributed by atoms with E-state index in [9.17, 15) is 9.90 Å². The maximum absolute atomic E-state index is 13.0. The molecule has 1 fully saturated rings. The molecule has 1 saturated heterocycles. The third-order valence-electron chi connectivity index (χ3n) is 5.57. The first-order valence-electron chi connectivity index (χ1n) is 11.7. The fraction of sp³-hybridized carbons (Fsp3) is 0.348. The minimum atomic E-state index is -4.89. The molecule has 3 aromatic rings. The fourth-order valence-electron chi connectivity index (χ4n) is 3.78. The van der Waals surface area contributed by atoms with Gasteiger partial charge >= 0.3 is 29.6 Å². The van der Waals surface area contributed by atoms with Crippen LogP contribution in [0.3, 0.4) is 0 Å². The summed E-state index contributed by atoms with van der Waals surface area (Å²) in [6.45, 7) is 1.32. The van der Waals surface area contributed by atoms with Crippen LogP contribution in [0.15, 0.2) is 42.9 Å². The largest absolute Gasteiger partial charge is 1.00 e. The maximum atomic E-state index is 13.0. The van der Waals surface area contributed by atoms with Crippen molar-refractivity contribution in [2.75, 3.05) is 30.5 Å². The molecule has 1 aliphatic rings. The summed E-state index contributed by atoms with van der Waals surface area (Å²) in [4.78, 5) is 55.2. The van der Waals surface area contributed by atoms with Crippen LogP contribution in [0, 0.1) is 0 Å². The van der Waals surface area contributed by atoms with Gasteiger partial charge in [0, 0.05) is 31.7 Å². The second-order valence-electron chi connectivity index (χ2n) is 8.27. The zero-order chi connectivity index (χ0) is 28.4. The summed E-state index contributed by atoms with van der Waals surface area (Å²) in [7, 11) is -3.33. The second kappa shape index (κ2) is 16.2. The topological polar surface area (TPSA) is 206 Å². The molecule has 0 aliphatic carbocycles. The predicted octanol–water partition coefficient (Wildman–Crippen LogP) is -2.12. The summed E-state index contributed by atoms with van der Waals surface area (Å²) in [5, 5.41) is 16.2. The molecule has 5 N–H and O–H groups in total. The Labute approximate surface area is 257 Å². The molecule has 1 aromatic carbocycles. The number of carbonyl (C=O) groups excluding carboxylic acids is 1. The molecule has 1 aliphatic heterocycles. The normalized spacial score (nSPS) is 14.4. The molecule has 14 nitrogen and oxygen atoms in total. The van der Waals surface area contributed by atoms with Crippen LogP contribution in [0.1, 0.15) is 34.6 Å². The number of halogens is 1. The number of benzene rings is 1. The molecule has 1 atom stereocenters. The van der Waals surface area contributed by atoms with Crippen molar-refractivity contribution >= 4 is 37.1 Å². The van der Waals surface area contributed by atoms with Crippen molar-refractivity contribution in [3.8, 4) is 5.75 Å². The van der Waals surface area contributed by atoms with Crippen molar-refractivity contribution in [2.45, 2.75) is 32.0 Å². The van der Waals surface area contributed by atoms with Gasteiger partial charge in [0.2, 0.25) is 5.95 Å². The number of hydrogen-bond acceptors (Lipinski definition) is 11. The van der Waals surface area contributed by atoms with Crippen LogP contribution >= 0.6 is 19.4 Å². The van der Waals surface area contributed by atoms with E-state index in [1.54, 1.807) is 37.7 Å². The average molecular weight is 604 g/mol. The van der Waals surface area contributed by atoms with E-state index in [2.05, 4.69) is 30.6 Å². The third-order valence-corrected chi connectivity index (χ3v) is 5.86. The van der Waals surface area contributed by atoms with E-state index in [1.807, 2.05) is 11.0 Å². The van der Waals surface area contributed by atoms with Crippen molar-refractivity contribution in [1.82, 2.24) is 25.3 Å². The van der Waals surface area contributed by atoms with Gasteiger partial charge in [-0.25, -0.2) is 15.0 Å². The number of aromatic nitrogens is 4. The number of nitrogens with one attached hydrogen (secondary N) is 2. The number of rotatable bonds is 9. The fourth-order valence-corrected chi connectivity index (χ4v) is 4.06. The number of amides is 1. The summed E-state index contributed by atoms with van der Waals surface area (Å²) < 4.78 is 14.0. The molecule has 0 saturated carbocycles. The zero-order valence-electron chi connectivity index (χ0n) is 21.9. The van der Waals surface area contributed by atoms with E-state index >= 15 is 0 Å². The van der Waals surface area contributed by atoms with E-state index in [0.717, 1.165) is 24.9 Å². The van der Waals surface area contributed by atoms with Crippen LogP contribution in [0.2, 0.25) is 5.02 Å². The first-order valence-corrected chi connectivity index (χ1v) is 13.6. The monoisotopic (exact) mass is 603 g/mol. The molecule has 4 rings (SSSR count). The number of hydrogen-bond donors (Lipinski definition) is 5. The number of carbonyl (C=O) groups is 1. The number of phosphoric acid groups is 1. The quantitative estimate of drug-likeness (QED) is 0.131. The average Bonchev–Trinajstić information content (AvgIpc) is 3.39. The van der Waals surface area contributed by atoms with Gasteiger partial charge in [-0.15, -0.1) is 0 Å². The maximum Gasteiger partial charge on any atom is 1.00 e. The number of nitrogens with zero attached hydrogens (tertiary/aromatic N) is 5. The standard InChI is InChI=1S/C23H26ClN7O3.Na.H3O4P/c1-34-19-6-5-15(10-18(19)24)11-27-21-17(22(33)28-13-20-25-7-3-8-26-20)12-29-23(30-21)31-9-2-4-16(31)14-32;;1-5(2,3)4/h3,5-8,10,12,16,32H,2,4,9,11,13-14H2,1H3,(H,28,33)(H,27,29,30);;(H3,1,2,3,4)/q;+1;/p-1. The summed E-state index contributed by atoms with van der Waals surface area (Å²) >= 11 is 6.25. The Bertz CT molecular complexity index is 1300. The molecule has 0 bridgehead atoms. The van der Waals surface area contributed by atoms with E-state index < -0.39 is 7.82 Å². The molecule has 210 valence electrons. The van der Waals surface area contributed by atoms with Gasteiger partial charge < -0.3 is 40.1 Å². The molecule has 1 unspecified atom stereocenters. The predicted molar refractivity (Wildman–Crippen MR) is 140 cm³/mol. The molecule has 0 radical (unpaired) electrons. The number of aliphatic hydroxyl groups is 1. The molecule has 1 amide bonds. The van der Waals surface area contributed by atoms with E-state index in [4.69, 9.17) is 35.6 Å². The first-order chi connectivity index (χ1) is 18.6. The van der Waals surface area contributed by atoms with Gasteiger partial charge in [0.05, 0.1) is 31.3 Å². The zero-order valence-corrected chi connectivity index (χ0v) is 25.5. The summed E-state index contributed by atoms with van der Waals surface area (Å²) in [6, 6.07) is 7.14. The van der Waals surface area contributed by atoms with Crippen LogP contribution in [-0.4, -0.2) is 67.0 Å². The van der Waals surface area contributed by atoms with Gasteiger partial charge in [-0.1, -0.05) is 17.7 Å². The Hall–Kier alpha value is -2.39. The summed E-state index contributed by atoms with van der Waals surface area (Å²) in [6.07, 6.45) is 6.55. The SMILES string of the molecule is COc1ccc(CNc2nc(N3CCCC3CO)ncc2C(=O)NCc2ncccn2)cc1Cl.O=P([O-])(O)O.[Na+]. The van der Waals surface area contributed by atoms with E-state index in [1.165, 1.54) is 6.20 Å². The Kier molecular flexibility index (Phi) is 13.7. The molecule has 2 aromatic heterocycles. The molecule has 40 heavy (non-hydrogen) atoms. The Balaban J connectivity index is 0.000000858.